The molecule has 1 aliphatic heterocycles. The van der Waals surface area contributed by atoms with E-state index in [0.717, 1.165) is 11.3 Å². The van der Waals surface area contributed by atoms with Crippen LogP contribution in [0.1, 0.15) is 6.42 Å². The Balaban J connectivity index is 1.52. The normalized spacial score (nSPS) is 27.1. The molecule has 4 atom stereocenters. The average Bonchev–Trinajstić information content (AvgIpc) is 3.38. The first kappa shape index (κ1) is 19.6. The Kier molecular flexibility index (Phi) is 4.47. The van der Waals surface area contributed by atoms with Gasteiger partial charge in [-0.25, -0.2) is 4.90 Å². The van der Waals surface area contributed by atoms with Crippen LogP contribution < -0.4 is 9.08 Å². The Hall–Kier alpha value is -2.35. The zero-order valence-corrected chi connectivity index (χ0v) is 17.7. The van der Waals surface area contributed by atoms with Gasteiger partial charge in [0.2, 0.25) is 11.8 Å². The van der Waals surface area contributed by atoms with Gasteiger partial charge in [0.25, 0.3) is 0 Å². The van der Waals surface area contributed by atoms with E-state index in [1.165, 1.54) is 30.3 Å². The Labute approximate surface area is 183 Å². The van der Waals surface area contributed by atoms with Gasteiger partial charge in [0.1, 0.15) is 4.90 Å². The number of anilines is 1. The number of amides is 2. The molecule has 1 saturated heterocycles. The number of para-hydroxylation sites is 2. The lowest BCUT2D eigenvalue weighted by molar-refractivity contribution is -0.123. The summed E-state index contributed by atoms with van der Waals surface area (Å²) in [5.74, 6) is -1.49. The van der Waals surface area contributed by atoms with Gasteiger partial charge < -0.3 is 4.18 Å². The topological polar surface area (TPSA) is 80.8 Å². The van der Waals surface area contributed by atoms with Crippen LogP contribution in [0, 0.1) is 23.7 Å². The molecule has 2 fully saturated rings. The van der Waals surface area contributed by atoms with Gasteiger partial charge >= 0.3 is 10.1 Å². The van der Waals surface area contributed by atoms with Crippen molar-refractivity contribution in [1.29, 1.82) is 0 Å². The molecule has 0 N–H and O–H groups in total. The summed E-state index contributed by atoms with van der Waals surface area (Å²) < 4.78 is 31.0. The van der Waals surface area contributed by atoms with Crippen molar-refractivity contribution in [2.75, 3.05) is 4.90 Å². The van der Waals surface area contributed by atoms with E-state index in [0.29, 0.717) is 0 Å². The minimum absolute atomic E-state index is 0.0449. The summed E-state index contributed by atoms with van der Waals surface area (Å²) >= 11 is 11.9. The van der Waals surface area contributed by atoms with Gasteiger partial charge in [-0.2, -0.15) is 8.42 Å². The molecule has 30 heavy (non-hydrogen) atoms. The molecule has 0 radical (unpaired) electrons. The third kappa shape index (κ3) is 2.87. The summed E-state index contributed by atoms with van der Waals surface area (Å²) in [5.41, 5.74) is 0.100. The Morgan fingerprint density at radius 1 is 0.933 bits per heavy atom. The molecule has 2 amide bonds. The van der Waals surface area contributed by atoms with E-state index in [1.54, 1.807) is 12.1 Å². The lowest BCUT2D eigenvalue weighted by Crippen LogP contribution is -2.33. The van der Waals surface area contributed by atoms with Crippen molar-refractivity contribution in [2.45, 2.75) is 11.3 Å². The van der Waals surface area contributed by atoms with Crippen LogP contribution in [-0.4, -0.2) is 20.2 Å². The number of halogens is 2. The molecule has 0 spiro atoms. The molecular formula is C21H15Cl2NO5S. The second-order valence-corrected chi connectivity index (χ2v) is 9.95. The van der Waals surface area contributed by atoms with Gasteiger partial charge in [-0.05, 0) is 48.6 Å². The smallest absolute Gasteiger partial charge is 0.340 e. The molecule has 1 saturated carbocycles. The number of nitrogens with zero attached hydrogens (tertiary/aromatic N) is 1. The highest BCUT2D eigenvalue weighted by atomic mass is 35.5. The van der Waals surface area contributed by atoms with Gasteiger partial charge in [-0.3, -0.25) is 9.59 Å². The summed E-state index contributed by atoms with van der Waals surface area (Å²) in [4.78, 5) is 27.0. The maximum Gasteiger partial charge on any atom is 0.340 e. The van der Waals surface area contributed by atoms with Crippen LogP contribution in [0.2, 0.25) is 10.0 Å². The second-order valence-electron chi connectivity index (χ2n) is 7.59. The van der Waals surface area contributed by atoms with E-state index in [9.17, 15) is 18.0 Å². The minimum atomic E-state index is -4.36. The molecular weight excluding hydrogens is 449 g/mol. The van der Waals surface area contributed by atoms with Crippen molar-refractivity contribution in [3.8, 4) is 5.75 Å². The quantitative estimate of drug-likeness (QED) is 0.387. The lowest BCUT2D eigenvalue weighted by atomic mass is 9.85. The number of rotatable bonds is 4. The van der Waals surface area contributed by atoms with Crippen molar-refractivity contribution >= 4 is 50.8 Å². The lowest BCUT2D eigenvalue weighted by Gasteiger charge is -2.20. The number of carbonyl (C=O) groups excluding carboxylic acids is 2. The predicted molar refractivity (Wildman–Crippen MR) is 111 cm³/mol. The van der Waals surface area contributed by atoms with Gasteiger partial charge in [-0.15, -0.1) is 0 Å². The van der Waals surface area contributed by atoms with Gasteiger partial charge in [0.15, 0.2) is 5.75 Å². The van der Waals surface area contributed by atoms with Crippen LogP contribution in [0.3, 0.4) is 0 Å². The zero-order valence-electron chi connectivity index (χ0n) is 15.4. The fourth-order valence-electron chi connectivity index (χ4n) is 4.68. The number of fused-ring (bicyclic) bond motifs is 5. The molecule has 2 aromatic carbocycles. The first-order valence-electron chi connectivity index (χ1n) is 9.32. The maximum absolute atomic E-state index is 13.1. The highest BCUT2D eigenvalue weighted by molar-refractivity contribution is 7.87. The van der Waals surface area contributed by atoms with Gasteiger partial charge in [0, 0.05) is 5.02 Å². The third-order valence-electron chi connectivity index (χ3n) is 5.94. The molecule has 0 aromatic heterocycles. The zero-order chi connectivity index (χ0) is 21.2. The van der Waals surface area contributed by atoms with Crippen molar-refractivity contribution in [3.05, 3.63) is 64.7 Å². The number of allylic oxidation sites excluding steroid dienone is 2. The second kappa shape index (κ2) is 6.83. The minimum Gasteiger partial charge on any atom is -0.377 e. The van der Waals surface area contributed by atoms with E-state index in [-0.39, 0.29) is 50.0 Å². The summed E-state index contributed by atoms with van der Waals surface area (Å²) in [6.45, 7) is 0. The van der Waals surface area contributed by atoms with Crippen LogP contribution in [-0.2, 0) is 19.7 Å². The Morgan fingerprint density at radius 2 is 1.57 bits per heavy atom. The number of hydrogen-bond donors (Lipinski definition) is 0. The van der Waals surface area contributed by atoms with Crippen molar-refractivity contribution < 1.29 is 22.2 Å². The van der Waals surface area contributed by atoms with E-state index < -0.39 is 22.0 Å². The van der Waals surface area contributed by atoms with Crippen LogP contribution in [0.25, 0.3) is 0 Å². The van der Waals surface area contributed by atoms with Gasteiger partial charge in [-0.1, -0.05) is 47.5 Å². The SMILES string of the molecule is O=C1[C@@H]2[C@H](C(=O)N1c1ccccc1OS(=O)(=O)c1cc(Cl)ccc1Cl)[C@H]1C=C[C@@H]2C1. The molecule has 2 bridgehead atoms. The van der Waals surface area contributed by atoms with Crippen LogP contribution >= 0.6 is 23.2 Å². The van der Waals surface area contributed by atoms with Crippen LogP contribution in [0.5, 0.6) is 5.75 Å². The maximum atomic E-state index is 13.1. The standard InChI is InChI=1S/C21H15Cl2NO5S/c22-13-7-8-14(23)17(10-13)30(27,28)29-16-4-2-1-3-15(16)24-20(25)18-11-5-6-12(9-11)19(18)21(24)26/h1-8,10-12,18-19H,9H2/t11-,12+,18+,19-. The molecule has 154 valence electrons. The summed E-state index contributed by atoms with van der Waals surface area (Å²) in [6.07, 6.45) is 4.80. The summed E-state index contributed by atoms with van der Waals surface area (Å²) in [7, 11) is -4.36. The molecule has 6 nitrogen and oxygen atoms in total. The summed E-state index contributed by atoms with van der Waals surface area (Å²) in [5, 5.41) is 0.123. The van der Waals surface area contributed by atoms with E-state index in [1.807, 2.05) is 12.2 Å². The molecule has 1 heterocycles. The monoisotopic (exact) mass is 463 g/mol. The molecule has 5 rings (SSSR count). The molecule has 2 aromatic rings. The van der Waals surface area contributed by atoms with Crippen LogP contribution in [0.4, 0.5) is 5.69 Å². The van der Waals surface area contributed by atoms with E-state index in [4.69, 9.17) is 27.4 Å². The predicted octanol–water partition coefficient (Wildman–Crippen LogP) is 4.07. The molecule has 2 aliphatic carbocycles. The largest absolute Gasteiger partial charge is 0.377 e. The van der Waals surface area contributed by atoms with Crippen LogP contribution in [0.15, 0.2) is 59.5 Å². The summed E-state index contributed by atoms with van der Waals surface area (Å²) in [6, 6.07) is 10.1. The fraction of sp³-hybridized carbons (Fsp3) is 0.238. The van der Waals surface area contributed by atoms with E-state index >= 15 is 0 Å². The highest BCUT2D eigenvalue weighted by Gasteiger charge is 2.60. The Bertz CT molecular complexity index is 1200. The average molecular weight is 464 g/mol. The molecule has 3 aliphatic rings. The van der Waals surface area contributed by atoms with Crippen molar-refractivity contribution in [3.63, 3.8) is 0 Å². The van der Waals surface area contributed by atoms with E-state index in [2.05, 4.69) is 0 Å². The van der Waals surface area contributed by atoms with Gasteiger partial charge in [0.05, 0.1) is 22.5 Å². The third-order valence-corrected chi connectivity index (χ3v) is 7.89. The first-order chi connectivity index (χ1) is 14.3. The highest BCUT2D eigenvalue weighted by Crippen LogP contribution is 2.54. The molecule has 0 unspecified atom stereocenters. The number of carbonyl (C=O) groups is 2. The number of imide groups is 1. The van der Waals surface area contributed by atoms with Crippen molar-refractivity contribution in [1.82, 2.24) is 0 Å². The van der Waals surface area contributed by atoms with Crippen molar-refractivity contribution in [2.24, 2.45) is 23.7 Å². The fourth-order valence-corrected chi connectivity index (χ4v) is 6.37. The number of hydrogen-bond acceptors (Lipinski definition) is 5. The molecule has 9 heteroatoms. The first-order valence-corrected chi connectivity index (χ1v) is 11.5. The number of benzene rings is 2. The Morgan fingerprint density at radius 3 is 2.23 bits per heavy atom.